The largest absolute Gasteiger partial charge is 0.416 e. The molecule has 11 heteroatoms. The van der Waals surface area contributed by atoms with Crippen molar-refractivity contribution in [3.05, 3.63) is 94.9 Å². The Morgan fingerprint density at radius 1 is 1.08 bits per heavy atom. The van der Waals surface area contributed by atoms with E-state index in [9.17, 15) is 22.8 Å². The zero-order valence-corrected chi connectivity index (χ0v) is 20.8. The van der Waals surface area contributed by atoms with Crippen molar-refractivity contribution in [1.82, 2.24) is 4.98 Å². The van der Waals surface area contributed by atoms with Crippen molar-refractivity contribution in [2.45, 2.75) is 25.9 Å². The van der Waals surface area contributed by atoms with Crippen molar-refractivity contribution in [3.8, 4) is 11.8 Å². The number of hydrogen-bond donors (Lipinski definition) is 4. The first-order valence-corrected chi connectivity index (χ1v) is 11.9. The third kappa shape index (κ3) is 7.15. The number of halogens is 3. The fourth-order valence-corrected chi connectivity index (χ4v) is 3.53. The number of benzene rings is 2. The summed E-state index contributed by atoms with van der Waals surface area (Å²) in [5.74, 6) is 11.6. The van der Waals surface area contributed by atoms with Crippen molar-refractivity contribution in [2.24, 2.45) is 17.5 Å². The summed E-state index contributed by atoms with van der Waals surface area (Å²) in [6, 6.07) is 11.1. The maximum Gasteiger partial charge on any atom is 0.416 e. The number of nitrogens with two attached hydrogens (primary N) is 2. The number of rotatable bonds is 6. The third-order valence-electron chi connectivity index (χ3n) is 5.85. The molecular weight excluding hydrogens is 509 g/mol. The Bertz CT molecular complexity index is 1490. The van der Waals surface area contributed by atoms with E-state index < -0.39 is 17.6 Å². The van der Waals surface area contributed by atoms with E-state index in [1.54, 1.807) is 30.3 Å². The van der Waals surface area contributed by atoms with Crippen LogP contribution in [0.5, 0.6) is 0 Å². The molecule has 1 saturated carbocycles. The molecule has 1 aliphatic rings. The normalized spacial score (nSPS) is 12.9. The van der Waals surface area contributed by atoms with Crippen LogP contribution in [0.3, 0.4) is 0 Å². The summed E-state index contributed by atoms with van der Waals surface area (Å²) in [4.78, 5) is 29.0. The number of hydrazine groups is 1. The van der Waals surface area contributed by atoms with Crippen LogP contribution in [0.1, 0.15) is 45.5 Å². The van der Waals surface area contributed by atoms with E-state index in [0.717, 1.165) is 41.7 Å². The van der Waals surface area contributed by atoms with E-state index >= 15 is 0 Å². The van der Waals surface area contributed by atoms with Gasteiger partial charge in [0.2, 0.25) is 5.91 Å². The van der Waals surface area contributed by atoms with Crippen LogP contribution in [0, 0.1) is 24.7 Å². The summed E-state index contributed by atoms with van der Waals surface area (Å²) >= 11 is 0. The van der Waals surface area contributed by atoms with Crippen molar-refractivity contribution in [1.29, 1.82) is 0 Å². The van der Waals surface area contributed by atoms with E-state index in [0.29, 0.717) is 16.9 Å². The second-order valence-corrected chi connectivity index (χ2v) is 8.94. The van der Waals surface area contributed by atoms with Crippen LogP contribution in [0.2, 0.25) is 0 Å². The molecule has 8 nitrogen and oxygen atoms in total. The number of nitrogens with one attached hydrogen (secondary N) is 2. The molecule has 39 heavy (non-hydrogen) atoms. The van der Waals surface area contributed by atoms with Gasteiger partial charge in [-0.25, -0.2) is 10.8 Å². The molecule has 0 radical (unpaired) electrons. The molecule has 4 rings (SSSR count). The molecule has 0 atom stereocenters. The van der Waals surface area contributed by atoms with Crippen LogP contribution < -0.4 is 27.2 Å². The monoisotopic (exact) mass is 534 g/mol. The van der Waals surface area contributed by atoms with Gasteiger partial charge in [-0.15, -0.1) is 0 Å². The zero-order valence-electron chi connectivity index (χ0n) is 20.8. The van der Waals surface area contributed by atoms with Gasteiger partial charge >= 0.3 is 6.18 Å². The minimum atomic E-state index is -4.66. The molecule has 1 heterocycles. The molecule has 0 aliphatic heterocycles. The highest BCUT2D eigenvalue weighted by atomic mass is 19.4. The fourth-order valence-electron chi connectivity index (χ4n) is 3.53. The molecule has 2 amide bonds. The van der Waals surface area contributed by atoms with E-state index in [2.05, 4.69) is 27.5 Å². The van der Waals surface area contributed by atoms with Gasteiger partial charge in [-0.1, -0.05) is 17.9 Å². The Labute approximate surface area is 222 Å². The molecular formula is C28H25F3N6O2. The Kier molecular flexibility index (Phi) is 7.88. The summed E-state index contributed by atoms with van der Waals surface area (Å²) in [6.07, 6.45) is 0.916. The number of hydrogen-bond acceptors (Lipinski definition) is 6. The highest BCUT2D eigenvalue weighted by molar-refractivity contribution is 6.04. The summed E-state index contributed by atoms with van der Waals surface area (Å²) in [5.41, 5.74) is 6.33. The van der Waals surface area contributed by atoms with Gasteiger partial charge in [-0.3, -0.25) is 14.6 Å². The maximum absolute atomic E-state index is 13.4. The van der Waals surface area contributed by atoms with Crippen LogP contribution in [-0.4, -0.2) is 16.8 Å². The van der Waals surface area contributed by atoms with Gasteiger partial charge in [0.05, 0.1) is 11.3 Å². The first-order chi connectivity index (χ1) is 18.5. The second-order valence-electron chi connectivity index (χ2n) is 8.94. The molecule has 0 spiro atoms. The maximum atomic E-state index is 13.4. The molecule has 1 aliphatic carbocycles. The van der Waals surface area contributed by atoms with E-state index in [1.165, 1.54) is 18.5 Å². The van der Waals surface area contributed by atoms with Gasteiger partial charge in [-0.05, 0) is 67.8 Å². The SMILES string of the molecule is Cc1ccc(C(=O)Nc2cc(N(N)/C=C\N)cc(C(F)(F)F)c2)cc1C#Cc1ccc(NC(=O)C2CC2)nc1. The average molecular weight is 535 g/mol. The fraction of sp³-hybridized carbons (Fsp3) is 0.179. The lowest BCUT2D eigenvalue weighted by Gasteiger charge is -2.18. The zero-order chi connectivity index (χ0) is 28.2. The lowest BCUT2D eigenvalue weighted by Crippen LogP contribution is -2.25. The van der Waals surface area contributed by atoms with Crippen molar-refractivity contribution in [2.75, 3.05) is 15.6 Å². The van der Waals surface area contributed by atoms with Crippen molar-refractivity contribution >= 4 is 29.0 Å². The third-order valence-corrected chi connectivity index (χ3v) is 5.85. The van der Waals surface area contributed by atoms with Crippen LogP contribution in [-0.2, 0) is 11.0 Å². The van der Waals surface area contributed by atoms with Gasteiger partial charge in [0, 0.05) is 46.9 Å². The number of amides is 2. The highest BCUT2D eigenvalue weighted by Gasteiger charge is 2.32. The molecule has 2 aromatic carbocycles. The second kappa shape index (κ2) is 11.3. The average Bonchev–Trinajstić information content (AvgIpc) is 3.74. The summed E-state index contributed by atoms with van der Waals surface area (Å²) < 4.78 is 40.3. The first kappa shape index (κ1) is 27.2. The molecule has 0 bridgehead atoms. The van der Waals surface area contributed by atoms with E-state index in [4.69, 9.17) is 11.6 Å². The Morgan fingerprint density at radius 2 is 1.85 bits per heavy atom. The minimum absolute atomic E-state index is 0.0241. The van der Waals surface area contributed by atoms with Gasteiger partial charge in [-0.2, -0.15) is 13.2 Å². The number of aromatic nitrogens is 1. The molecule has 3 aromatic rings. The number of alkyl halides is 3. The predicted octanol–water partition coefficient (Wildman–Crippen LogP) is 4.52. The quantitative estimate of drug-likeness (QED) is 0.209. The minimum Gasteiger partial charge on any atom is -0.403 e. The lowest BCUT2D eigenvalue weighted by atomic mass is 10.0. The lowest BCUT2D eigenvalue weighted by molar-refractivity contribution is -0.137. The summed E-state index contributed by atoms with van der Waals surface area (Å²) in [7, 11) is 0. The molecule has 0 unspecified atom stereocenters. The molecule has 1 fully saturated rings. The number of pyridine rings is 1. The standard InChI is InChI=1S/C28H25F3N6O2/c1-17-2-5-21(12-20(17)6-3-18-4-9-25(34-16-18)36-26(38)19-7-8-19)27(39)35-23-13-22(28(29,30)31)14-24(15-23)37(33)11-10-32/h2,4-5,9-16,19H,7-8,32-33H2,1H3,(H,35,39)(H,34,36,38)/b11-10-. The highest BCUT2D eigenvalue weighted by Crippen LogP contribution is 2.34. The Balaban J connectivity index is 1.52. The Hall–Kier alpha value is -4.82. The summed E-state index contributed by atoms with van der Waals surface area (Å²) in [5, 5.41) is 6.16. The molecule has 6 N–H and O–H groups in total. The van der Waals surface area contributed by atoms with Crippen molar-refractivity contribution < 1.29 is 22.8 Å². The van der Waals surface area contributed by atoms with Gasteiger partial charge in [0.25, 0.3) is 5.91 Å². The number of carbonyl (C=O) groups is 2. The molecule has 200 valence electrons. The number of carbonyl (C=O) groups excluding carboxylic acids is 2. The molecule has 0 saturated heterocycles. The van der Waals surface area contributed by atoms with E-state index in [-0.39, 0.29) is 28.8 Å². The van der Waals surface area contributed by atoms with Gasteiger partial charge < -0.3 is 16.4 Å². The number of anilines is 3. The topological polar surface area (TPSA) is 126 Å². The van der Waals surface area contributed by atoms with Crippen LogP contribution in [0.15, 0.2) is 67.1 Å². The van der Waals surface area contributed by atoms with Crippen LogP contribution >= 0.6 is 0 Å². The smallest absolute Gasteiger partial charge is 0.403 e. The Morgan fingerprint density at radius 3 is 2.49 bits per heavy atom. The van der Waals surface area contributed by atoms with Crippen LogP contribution in [0.4, 0.5) is 30.4 Å². The number of aryl methyl sites for hydroxylation is 1. The predicted molar refractivity (Wildman–Crippen MR) is 142 cm³/mol. The van der Waals surface area contributed by atoms with E-state index in [1.807, 2.05) is 6.92 Å². The van der Waals surface area contributed by atoms with Crippen molar-refractivity contribution in [3.63, 3.8) is 0 Å². The summed E-state index contributed by atoms with van der Waals surface area (Å²) in [6.45, 7) is 1.82. The molecule has 1 aromatic heterocycles. The van der Waals surface area contributed by atoms with Gasteiger partial charge in [0.1, 0.15) is 5.82 Å². The van der Waals surface area contributed by atoms with Crippen LogP contribution in [0.25, 0.3) is 0 Å². The van der Waals surface area contributed by atoms with Gasteiger partial charge in [0.15, 0.2) is 0 Å². The first-order valence-electron chi connectivity index (χ1n) is 11.9. The number of nitrogens with zero attached hydrogens (tertiary/aromatic N) is 2.